The highest BCUT2D eigenvalue weighted by atomic mass is 32.2. The zero-order valence-electron chi connectivity index (χ0n) is 20.5. The Hall–Kier alpha value is -3.83. The first kappa shape index (κ1) is 23.9. The molecular weight excluding hydrogens is 464 g/mol. The van der Waals surface area contributed by atoms with E-state index in [1.807, 2.05) is 66.7 Å². The number of para-hydroxylation sites is 1. The van der Waals surface area contributed by atoms with Crippen LogP contribution in [0.1, 0.15) is 30.0 Å². The molecule has 1 aliphatic rings. The Morgan fingerprint density at radius 2 is 1.67 bits per heavy atom. The number of ether oxygens (including phenoxy) is 1. The van der Waals surface area contributed by atoms with Gasteiger partial charge in [0.2, 0.25) is 0 Å². The van der Waals surface area contributed by atoms with Gasteiger partial charge in [-0.15, -0.1) is 0 Å². The molecule has 0 radical (unpaired) electrons. The van der Waals surface area contributed by atoms with Crippen molar-refractivity contribution in [1.82, 2.24) is 4.90 Å². The molecule has 4 nitrogen and oxygen atoms in total. The lowest BCUT2D eigenvalue weighted by Gasteiger charge is -2.14. The second-order valence-corrected chi connectivity index (χ2v) is 9.77. The lowest BCUT2D eigenvalue weighted by molar-refractivity contribution is -0.122. The van der Waals surface area contributed by atoms with Crippen molar-refractivity contribution in [3.63, 3.8) is 0 Å². The van der Waals surface area contributed by atoms with Gasteiger partial charge in [-0.25, -0.2) is 4.99 Å². The van der Waals surface area contributed by atoms with Crippen LogP contribution in [0.4, 0.5) is 5.69 Å². The van der Waals surface area contributed by atoms with Crippen LogP contribution in [0.2, 0.25) is 0 Å². The lowest BCUT2D eigenvalue weighted by Crippen LogP contribution is -2.29. The summed E-state index contributed by atoms with van der Waals surface area (Å²) in [6.07, 6.45) is 2.78. The summed E-state index contributed by atoms with van der Waals surface area (Å²) in [5, 5.41) is 3.09. The quantitative estimate of drug-likeness (QED) is 0.248. The van der Waals surface area contributed by atoms with Gasteiger partial charge in [-0.2, -0.15) is 0 Å². The second-order valence-electron chi connectivity index (χ2n) is 8.76. The lowest BCUT2D eigenvalue weighted by atomic mass is 10.1. The maximum absolute atomic E-state index is 13.3. The molecular formula is C31H28N2O2S. The molecule has 1 fully saturated rings. The van der Waals surface area contributed by atoms with E-state index < -0.39 is 0 Å². The number of carbonyl (C=O) groups excluding carboxylic acids is 1. The van der Waals surface area contributed by atoms with Crippen LogP contribution in [-0.2, 0) is 11.4 Å². The molecule has 0 aromatic heterocycles. The van der Waals surface area contributed by atoms with Crippen LogP contribution in [0.5, 0.6) is 5.75 Å². The molecule has 1 saturated heterocycles. The van der Waals surface area contributed by atoms with Crippen LogP contribution < -0.4 is 4.74 Å². The number of rotatable bonds is 7. The fraction of sp³-hybridized carbons (Fsp3) is 0.161. The average Bonchev–Trinajstić information content (AvgIpc) is 3.18. The Labute approximate surface area is 216 Å². The van der Waals surface area contributed by atoms with E-state index >= 15 is 0 Å². The van der Waals surface area contributed by atoms with E-state index in [0.717, 1.165) is 29.0 Å². The van der Waals surface area contributed by atoms with Gasteiger partial charge in [0.25, 0.3) is 5.91 Å². The number of amides is 1. The van der Waals surface area contributed by atoms with Crippen molar-refractivity contribution in [1.29, 1.82) is 0 Å². The van der Waals surface area contributed by atoms with Crippen LogP contribution in [0.3, 0.4) is 0 Å². The monoisotopic (exact) mass is 492 g/mol. The van der Waals surface area contributed by atoms with Crippen LogP contribution in [0.15, 0.2) is 101 Å². The van der Waals surface area contributed by atoms with E-state index in [9.17, 15) is 4.79 Å². The standard InChI is InChI=1S/C31H28N2O2S/c1-3-19-33-30(34)29(36-31(33)32-26-17-15-22(2)16-18-26)20-24-10-5-7-14-28(24)35-21-25-12-8-11-23-9-4-6-13-27(23)25/h4-18,20H,3,19,21H2,1-2H3/b29-20+,32-31?. The topological polar surface area (TPSA) is 41.9 Å². The molecule has 5 heteroatoms. The number of amidine groups is 1. The zero-order valence-corrected chi connectivity index (χ0v) is 21.3. The summed E-state index contributed by atoms with van der Waals surface area (Å²) in [5.74, 6) is 0.730. The zero-order chi connectivity index (χ0) is 24.9. The van der Waals surface area contributed by atoms with Gasteiger partial charge in [0, 0.05) is 12.1 Å². The number of thioether (sulfide) groups is 1. The van der Waals surface area contributed by atoms with E-state index in [2.05, 4.69) is 44.2 Å². The van der Waals surface area contributed by atoms with Crippen molar-refractivity contribution in [3.05, 3.63) is 113 Å². The molecule has 1 aliphatic heterocycles. The van der Waals surface area contributed by atoms with Gasteiger partial charge in [-0.3, -0.25) is 9.69 Å². The molecule has 0 bridgehead atoms. The third-order valence-electron chi connectivity index (χ3n) is 6.06. The molecule has 5 rings (SSSR count). The van der Waals surface area contributed by atoms with Crippen LogP contribution in [-0.4, -0.2) is 22.5 Å². The molecule has 0 atom stereocenters. The number of fused-ring (bicyclic) bond motifs is 1. The van der Waals surface area contributed by atoms with Gasteiger partial charge < -0.3 is 4.74 Å². The highest BCUT2D eigenvalue weighted by Gasteiger charge is 2.33. The van der Waals surface area contributed by atoms with Crippen molar-refractivity contribution in [2.45, 2.75) is 26.9 Å². The molecule has 1 heterocycles. The molecule has 1 amide bonds. The number of benzene rings is 4. The normalized spacial score (nSPS) is 15.8. The predicted molar refractivity (Wildman–Crippen MR) is 151 cm³/mol. The summed E-state index contributed by atoms with van der Waals surface area (Å²) in [5.41, 5.74) is 4.03. The summed E-state index contributed by atoms with van der Waals surface area (Å²) < 4.78 is 6.28. The summed E-state index contributed by atoms with van der Waals surface area (Å²) in [6.45, 7) is 5.20. The van der Waals surface area contributed by atoms with Gasteiger partial charge in [0.05, 0.1) is 10.6 Å². The first-order valence-electron chi connectivity index (χ1n) is 12.2. The number of carbonyl (C=O) groups is 1. The molecule has 0 saturated carbocycles. The Morgan fingerprint density at radius 3 is 2.50 bits per heavy atom. The Morgan fingerprint density at radius 1 is 0.917 bits per heavy atom. The summed E-state index contributed by atoms with van der Waals surface area (Å²) in [7, 11) is 0. The van der Waals surface area contributed by atoms with Crippen molar-refractivity contribution in [2.24, 2.45) is 4.99 Å². The maximum atomic E-state index is 13.3. The third-order valence-corrected chi connectivity index (χ3v) is 7.07. The second kappa shape index (κ2) is 10.8. The predicted octanol–water partition coefficient (Wildman–Crippen LogP) is 7.74. The van der Waals surface area contributed by atoms with Crippen molar-refractivity contribution in [2.75, 3.05) is 6.54 Å². The number of hydrogen-bond donors (Lipinski definition) is 0. The van der Waals surface area contributed by atoms with Crippen molar-refractivity contribution in [3.8, 4) is 5.75 Å². The minimum Gasteiger partial charge on any atom is -0.488 e. The van der Waals surface area contributed by atoms with Gasteiger partial charge in [0.15, 0.2) is 5.17 Å². The first-order chi connectivity index (χ1) is 17.6. The van der Waals surface area contributed by atoms with Gasteiger partial charge in [0.1, 0.15) is 12.4 Å². The summed E-state index contributed by atoms with van der Waals surface area (Å²) in [6, 6.07) is 30.5. The fourth-order valence-electron chi connectivity index (χ4n) is 4.19. The molecule has 4 aromatic rings. The molecule has 0 N–H and O–H groups in total. The third kappa shape index (κ3) is 5.21. The van der Waals surface area contributed by atoms with E-state index in [0.29, 0.717) is 23.2 Å². The van der Waals surface area contributed by atoms with Gasteiger partial charge in [-0.1, -0.05) is 85.3 Å². The van der Waals surface area contributed by atoms with Gasteiger partial charge in [-0.05, 0) is 65.7 Å². The van der Waals surface area contributed by atoms with Crippen molar-refractivity contribution < 1.29 is 9.53 Å². The highest BCUT2D eigenvalue weighted by molar-refractivity contribution is 8.18. The number of hydrogen-bond acceptors (Lipinski definition) is 4. The molecule has 36 heavy (non-hydrogen) atoms. The van der Waals surface area contributed by atoms with Gasteiger partial charge >= 0.3 is 0 Å². The summed E-state index contributed by atoms with van der Waals surface area (Å²) >= 11 is 1.42. The Kier molecular flexibility index (Phi) is 7.19. The van der Waals surface area contributed by atoms with Crippen molar-refractivity contribution >= 4 is 45.4 Å². The highest BCUT2D eigenvalue weighted by Crippen LogP contribution is 2.36. The number of aryl methyl sites for hydroxylation is 1. The molecule has 180 valence electrons. The maximum Gasteiger partial charge on any atom is 0.266 e. The Bertz CT molecular complexity index is 1450. The van der Waals surface area contributed by atoms with E-state index in [1.165, 1.54) is 28.1 Å². The fourth-order valence-corrected chi connectivity index (χ4v) is 5.20. The van der Waals surface area contributed by atoms with Crippen LogP contribution >= 0.6 is 11.8 Å². The SMILES string of the molecule is CCCN1C(=O)/C(=C\c2ccccc2OCc2cccc3ccccc23)SC1=Nc1ccc(C)cc1. The van der Waals surface area contributed by atoms with E-state index in [1.54, 1.807) is 4.90 Å². The van der Waals surface area contributed by atoms with E-state index in [4.69, 9.17) is 9.73 Å². The molecule has 0 unspecified atom stereocenters. The minimum atomic E-state index is -0.0171. The number of aliphatic imine (C=N–C) groups is 1. The van der Waals surface area contributed by atoms with Crippen LogP contribution in [0.25, 0.3) is 16.8 Å². The smallest absolute Gasteiger partial charge is 0.266 e. The average molecular weight is 493 g/mol. The van der Waals surface area contributed by atoms with E-state index in [-0.39, 0.29) is 5.91 Å². The minimum absolute atomic E-state index is 0.0171. The first-order valence-corrected chi connectivity index (χ1v) is 13.0. The van der Waals surface area contributed by atoms with Crippen LogP contribution in [0, 0.1) is 6.92 Å². The molecule has 0 spiro atoms. The number of nitrogens with zero attached hydrogens (tertiary/aromatic N) is 2. The summed E-state index contributed by atoms with van der Waals surface area (Å²) in [4.78, 5) is 20.5. The largest absolute Gasteiger partial charge is 0.488 e. The molecule has 4 aromatic carbocycles. The molecule has 0 aliphatic carbocycles. The Balaban J connectivity index is 1.41.